The molecule has 2 heterocycles. The Labute approximate surface area is 99.3 Å². The zero-order valence-corrected chi connectivity index (χ0v) is 9.78. The third-order valence-corrected chi connectivity index (χ3v) is 2.34. The molecule has 0 atom stereocenters. The third-order valence-electron chi connectivity index (χ3n) is 2.15. The quantitative estimate of drug-likeness (QED) is 0.829. The van der Waals surface area contributed by atoms with E-state index >= 15 is 0 Å². The lowest BCUT2D eigenvalue weighted by Gasteiger charge is -2.07. The van der Waals surface area contributed by atoms with Gasteiger partial charge < -0.3 is 9.88 Å². The van der Waals surface area contributed by atoms with Gasteiger partial charge in [-0.05, 0) is 19.1 Å². The fourth-order valence-corrected chi connectivity index (χ4v) is 1.68. The van der Waals surface area contributed by atoms with Gasteiger partial charge in [-0.3, -0.25) is 0 Å². The Morgan fingerprint density at radius 1 is 1.31 bits per heavy atom. The first-order chi connectivity index (χ1) is 7.74. The molecule has 4 nitrogen and oxygen atoms in total. The Kier molecular flexibility index (Phi) is 3.41. The van der Waals surface area contributed by atoms with Gasteiger partial charge in [0.05, 0.1) is 0 Å². The van der Waals surface area contributed by atoms with Crippen LogP contribution in [0.3, 0.4) is 0 Å². The largest absolute Gasteiger partial charge is 0.368 e. The van der Waals surface area contributed by atoms with E-state index in [4.69, 9.17) is 11.6 Å². The lowest BCUT2D eigenvalue weighted by Crippen LogP contribution is -2.10. The van der Waals surface area contributed by atoms with Crippen LogP contribution in [0.25, 0.3) is 0 Å². The van der Waals surface area contributed by atoms with Gasteiger partial charge in [-0.2, -0.15) is 0 Å². The molecule has 0 aliphatic carbocycles. The van der Waals surface area contributed by atoms with E-state index in [1.807, 2.05) is 31.5 Å². The highest BCUT2D eigenvalue weighted by Gasteiger charge is 1.98. The molecule has 0 aromatic carbocycles. The highest BCUT2D eigenvalue weighted by molar-refractivity contribution is 6.29. The van der Waals surface area contributed by atoms with Gasteiger partial charge in [0.1, 0.15) is 16.8 Å². The minimum Gasteiger partial charge on any atom is -0.368 e. The van der Waals surface area contributed by atoms with Gasteiger partial charge in [-0.15, -0.1) is 0 Å². The SMILES string of the molecule is Cc1nc(Cl)cc(NCCn2cccc2)n1. The average Bonchev–Trinajstić information content (AvgIpc) is 2.69. The van der Waals surface area contributed by atoms with Crippen LogP contribution in [-0.4, -0.2) is 21.1 Å². The van der Waals surface area contributed by atoms with E-state index in [0.717, 1.165) is 18.9 Å². The van der Waals surface area contributed by atoms with E-state index in [-0.39, 0.29) is 0 Å². The van der Waals surface area contributed by atoms with Crippen molar-refractivity contribution in [2.75, 3.05) is 11.9 Å². The van der Waals surface area contributed by atoms with E-state index < -0.39 is 0 Å². The maximum Gasteiger partial charge on any atom is 0.134 e. The summed E-state index contributed by atoms with van der Waals surface area (Å²) in [6, 6.07) is 5.74. The van der Waals surface area contributed by atoms with Crippen molar-refractivity contribution in [2.45, 2.75) is 13.5 Å². The Morgan fingerprint density at radius 2 is 2.06 bits per heavy atom. The monoisotopic (exact) mass is 236 g/mol. The molecule has 0 bridgehead atoms. The minimum absolute atomic E-state index is 0.468. The predicted octanol–water partition coefficient (Wildman–Crippen LogP) is 2.35. The number of halogens is 1. The van der Waals surface area contributed by atoms with Crippen LogP contribution in [0.1, 0.15) is 5.82 Å². The summed E-state index contributed by atoms with van der Waals surface area (Å²) in [6.45, 7) is 3.53. The van der Waals surface area contributed by atoms with Gasteiger partial charge in [0, 0.05) is 31.5 Å². The van der Waals surface area contributed by atoms with E-state index in [1.165, 1.54) is 0 Å². The second kappa shape index (κ2) is 4.99. The molecule has 0 unspecified atom stereocenters. The van der Waals surface area contributed by atoms with E-state index in [0.29, 0.717) is 11.0 Å². The summed E-state index contributed by atoms with van der Waals surface area (Å²) >= 11 is 5.83. The molecule has 2 rings (SSSR count). The van der Waals surface area contributed by atoms with Gasteiger partial charge in [0.2, 0.25) is 0 Å². The van der Waals surface area contributed by atoms with E-state index in [9.17, 15) is 0 Å². The lowest BCUT2D eigenvalue weighted by atomic mass is 10.5. The first-order valence-corrected chi connectivity index (χ1v) is 5.47. The van der Waals surface area contributed by atoms with Gasteiger partial charge in [-0.25, -0.2) is 9.97 Å². The van der Waals surface area contributed by atoms with Crippen LogP contribution in [0.5, 0.6) is 0 Å². The van der Waals surface area contributed by atoms with Crippen molar-refractivity contribution in [1.82, 2.24) is 14.5 Å². The zero-order chi connectivity index (χ0) is 11.4. The van der Waals surface area contributed by atoms with Crippen LogP contribution in [0.15, 0.2) is 30.6 Å². The summed E-state index contributed by atoms with van der Waals surface area (Å²) < 4.78 is 2.10. The van der Waals surface area contributed by atoms with E-state index in [1.54, 1.807) is 6.07 Å². The first-order valence-electron chi connectivity index (χ1n) is 5.10. The summed E-state index contributed by atoms with van der Waals surface area (Å²) in [5, 5.41) is 3.68. The molecule has 16 heavy (non-hydrogen) atoms. The Bertz CT molecular complexity index is 433. The molecular formula is C11H13ClN4. The minimum atomic E-state index is 0.468. The number of hydrogen-bond acceptors (Lipinski definition) is 3. The van der Waals surface area contributed by atoms with Crippen molar-refractivity contribution in [3.63, 3.8) is 0 Å². The molecule has 5 heteroatoms. The van der Waals surface area contributed by atoms with Crippen molar-refractivity contribution >= 4 is 17.4 Å². The van der Waals surface area contributed by atoms with Gasteiger partial charge in [-0.1, -0.05) is 11.6 Å². The molecule has 84 valence electrons. The fraction of sp³-hybridized carbons (Fsp3) is 0.273. The molecule has 2 aromatic rings. The van der Waals surface area contributed by atoms with Crippen molar-refractivity contribution in [3.05, 3.63) is 41.6 Å². The third kappa shape index (κ3) is 2.97. The normalized spacial score (nSPS) is 10.4. The number of aryl methyl sites for hydroxylation is 1. The van der Waals surface area contributed by atoms with Crippen molar-refractivity contribution in [2.24, 2.45) is 0 Å². The topological polar surface area (TPSA) is 42.7 Å². The number of nitrogens with one attached hydrogen (secondary N) is 1. The van der Waals surface area contributed by atoms with Crippen LogP contribution in [0.4, 0.5) is 5.82 Å². The number of hydrogen-bond donors (Lipinski definition) is 1. The molecule has 0 saturated heterocycles. The molecule has 0 radical (unpaired) electrons. The molecular weight excluding hydrogens is 224 g/mol. The molecule has 0 aliphatic rings. The molecule has 1 N–H and O–H groups in total. The van der Waals surface area contributed by atoms with Gasteiger partial charge in [0.15, 0.2) is 0 Å². The van der Waals surface area contributed by atoms with Crippen LogP contribution in [0.2, 0.25) is 5.15 Å². The van der Waals surface area contributed by atoms with E-state index in [2.05, 4.69) is 19.9 Å². The molecule has 0 spiro atoms. The number of anilines is 1. The highest BCUT2D eigenvalue weighted by Crippen LogP contribution is 2.10. The van der Waals surface area contributed by atoms with Crippen LogP contribution in [0, 0.1) is 6.92 Å². The predicted molar refractivity (Wildman–Crippen MR) is 64.7 cm³/mol. The standard InChI is InChI=1S/C11H13ClN4/c1-9-14-10(12)8-11(15-9)13-4-7-16-5-2-3-6-16/h2-3,5-6,8H,4,7H2,1H3,(H,13,14,15). The van der Waals surface area contributed by atoms with Crippen molar-refractivity contribution < 1.29 is 0 Å². The molecule has 0 saturated carbocycles. The molecule has 0 fully saturated rings. The lowest BCUT2D eigenvalue weighted by molar-refractivity contribution is 0.731. The second-order valence-electron chi connectivity index (χ2n) is 3.47. The molecule has 2 aromatic heterocycles. The van der Waals surface area contributed by atoms with Crippen molar-refractivity contribution in [1.29, 1.82) is 0 Å². The first kappa shape index (κ1) is 11.0. The van der Waals surface area contributed by atoms with Crippen LogP contribution >= 0.6 is 11.6 Å². The Morgan fingerprint density at radius 3 is 2.75 bits per heavy atom. The number of nitrogens with zero attached hydrogens (tertiary/aromatic N) is 3. The molecule has 0 aliphatic heterocycles. The maximum absolute atomic E-state index is 5.83. The summed E-state index contributed by atoms with van der Waals surface area (Å²) in [7, 11) is 0. The van der Waals surface area contributed by atoms with Gasteiger partial charge in [0.25, 0.3) is 0 Å². The molecule has 0 amide bonds. The smallest absolute Gasteiger partial charge is 0.134 e. The average molecular weight is 237 g/mol. The Hall–Kier alpha value is -1.55. The maximum atomic E-state index is 5.83. The summed E-state index contributed by atoms with van der Waals surface area (Å²) in [5.41, 5.74) is 0. The summed E-state index contributed by atoms with van der Waals surface area (Å²) in [6.07, 6.45) is 4.06. The van der Waals surface area contributed by atoms with Crippen LogP contribution < -0.4 is 5.32 Å². The number of rotatable bonds is 4. The Balaban J connectivity index is 1.89. The van der Waals surface area contributed by atoms with Crippen LogP contribution in [-0.2, 0) is 6.54 Å². The highest BCUT2D eigenvalue weighted by atomic mass is 35.5. The summed E-state index contributed by atoms with van der Waals surface area (Å²) in [5.74, 6) is 1.45. The number of aromatic nitrogens is 3. The zero-order valence-electron chi connectivity index (χ0n) is 9.02. The van der Waals surface area contributed by atoms with Crippen molar-refractivity contribution in [3.8, 4) is 0 Å². The fourth-order valence-electron chi connectivity index (χ4n) is 1.45. The second-order valence-corrected chi connectivity index (χ2v) is 3.86. The summed E-state index contributed by atoms with van der Waals surface area (Å²) in [4.78, 5) is 8.24. The van der Waals surface area contributed by atoms with Gasteiger partial charge >= 0.3 is 0 Å².